The van der Waals surface area contributed by atoms with E-state index in [0.717, 1.165) is 18.2 Å². The molecule has 6 heteroatoms. The van der Waals surface area contributed by atoms with Crippen LogP contribution in [0.3, 0.4) is 0 Å². The van der Waals surface area contributed by atoms with E-state index in [4.69, 9.17) is 0 Å². The number of anilines is 2. The molecule has 88 valence electrons. The molecule has 1 heterocycles. The Morgan fingerprint density at radius 3 is 2.65 bits per heavy atom. The Bertz CT molecular complexity index is 514. The maximum Gasteiger partial charge on any atom is 0.144 e. The third kappa shape index (κ3) is 3.38. The number of hydrogen-bond donors (Lipinski definition) is 1. The monoisotopic (exact) mass is 470 g/mol. The number of rotatable bonds is 2. The molecule has 1 aromatic carbocycles. The first-order valence-corrected chi connectivity index (χ1v) is 7.26. The molecule has 0 aliphatic heterocycles. The van der Waals surface area contributed by atoms with E-state index in [1.165, 1.54) is 12.1 Å². The molecule has 0 atom stereocenters. The molecule has 0 aliphatic rings. The molecule has 1 N–H and O–H groups in total. The van der Waals surface area contributed by atoms with Crippen LogP contribution in [0.15, 0.2) is 39.4 Å². The normalized spacial score (nSPS) is 10.4. The first kappa shape index (κ1) is 13.2. The molecule has 2 nitrogen and oxygen atoms in total. The molecule has 0 spiro atoms. The molecule has 0 bridgehead atoms. The SMILES string of the molecule is Fc1ccc(Nc2ncc(Br)cc2Br)c(I)c1. The van der Waals surface area contributed by atoms with Gasteiger partial charge in [0, 0.05) is 14.2 Å². The van der Waals surface area contributed by atoms with Crippen molar-refractivity contribution in [2.75, 3.05) is 5.32 Å². The predicted octanol–water partition coefficient (Wildman–Crippen LogP) is 5.09. The molecule has 0 radical (unpaired) electrons. The molecule has 0 saturated carbocycles. The largest absolute Gasteiger partial charge is 0.338 e. The predicted molar refractivity (Wildman–Crippen MR) is 82.0 cm³/mol. The van der Waals surface area contributed by atoms with Crippen molar-refractivity contribution in [2.24, 2.45) is 0 Å². The molecule has 0 fully saturated rings. The average molecular weight is 472 g/mol. The summed E-state index contributed by atoms with van der Waals surface area (Å²) in [5.41, 5.74) is 0.822. The van der Waals surface area contributed by atoms with Crippen LogP contribution in [-0.2, 0) is 0 Å². The zero-order chi connectivity index (χ0) is 12.4. The van der Waals surface area contributed by atoms with Crippen LogP contribution in [0.2, 0.25) is 0 Å². The van der Waals surface area contributed by atoms with Crippen LogP contribution in [0.1, 0.15) is 0 Å². The van der Waals surface area contributed by atoms with Gasteiger partial charge in [-0.1, -0.05) is 0 Å². The topological polar surface area (TPSA) is 24.9 Å². The maximum absolute atomic E-state index is 13.0. The first-order valence-electron chi connectivity index (χ1n) is 4.59. The third-order valence-corrected chi connectivity index (χ3v) is 3.92. The average Bonchev–Trinajstić information content (AvgIpc) is 2.25. The molecular formula is C11H6Br2FIN2. The van der Waals surface area contributed by atoms with Gasteiger partial charge in [0.1, 0.15) is 11.6 Å². The van der Waals surface area contributed by atoms with Gasteiger partial charge in [-0.05, 0) is 78.7 Å². The van der Waals surface area contributed by atoms with Crippen LogP contribution in [0.4, 0.5) is 15.9 Å². The number of benzene rings is 1. The molecular weight excluding hydrogens is 466 g/mol. The van der Waals surface area contributed by atoms with Crippen molar-refractivity contribution < 1.29 is 4.39 Å². The Kier molecular flexibility index (Phi) is 4.37. The highest BCUT2D eigenvalue weighted by Crippen LogP contribution is 2.28. The summed E-state index contributed by atoms with van der Waals surface area (Å²) >= 11 is 8.82. The highest BCUT2D eigenvalue weighted by molar-refractivity contribution is 14.1. The van der Waals surface area contributed by atoms with Gasteiger partial charge in [-0.3, -0.25) is 0 Å². The van der Waals surface area contributed by atoms with E-state index in [2.05, 4.69) is 64.8 Å². The van der Waals surface area contributed by atoms with Crippen molar-refractivity contribution in [1.29, 1.82) is 0 Å². The molecule has 0 aliphatic carbocycles. The molecule has 1 aromatic heterocycles. The van der Waals surface area contributed by atoms with Gasteiger partial charge in [-0.15, -0.1) is 0 Å². The third-order valence-electron chi connectivity index (χ3n) is 1.99. The fourth-order valence-corrected chi connectivity index (χ4v) is 2.92. The lowest BCUT2D eigenvalue weighted by atomic mass is 10.3. The van der Waals surface area contributed by atoms with Gasteiger partial charge in [0.2, 0.25) is 0 Å². The summed E-state index contributed by atoms with van der Waals surface area (Å²) in [6.07, 6.45) is 1.70. The minimum absolute atomic E-state index is 0.247. The van der Waals surface area contributed by atoms with Crippen LogP contribution in [0.25, 0.3) is 0 Å². The zero-order valence-corrected chi connectivity index (χ0v) is 13.7. The number of hydrogen-bond acceptors (Lipinski definition) is 2. The minimum Gasteiger partial charge on any atom is -0.338 e. The van der Waals surface area contributed by atoms with E-state index in [-0.39, 0.29) is 5.82 Å². The highest BCUT2D eigenvalue weighted by Gasteiger charge is 2.06. The Morgan fingerprint density at radius 2 is 2.00 bits per heavy atom. The van der Waals surface area contributed by atoms with Crippen LogP contribution in [-0.4, -0.2) is 4.98 Å². The van der Waals surface area contributed by atoms with Crippen molar-refractivity contribution in [3.05, 3.63) is 48.8 Å². The van der Waals surface area contributed by atoms with Crippen molar-refractivity contribution in [2.45, 2.75) is 0 Å². The standard InChI is InChI=1S/C11H6Br2FIN2/c12-6-3-8(13)11(16-5-6)17-10-2-1-7(14)4-9(10)15/h1-5H,(H,16,17). The van der Waals surface area contributed by atoms with Gasteiger partial charge >= 0.3 is 0 Å². The summed E-state index contributed by atoms with van der Waals surface area (Å²) in [5.74, 6) is 0.445. The molecule has 0 amide bonds. The van der Waals surface area contributed by atoms with Gasteiger partial charge in [-0.2, -0.15) is 0 Å². The second-order valence-corrected chi connectivity index (χ2v) is 6.17. The second-order valence-electron chi connectivity index (χ2n) is 3.23. The second kappa shape index (κ2) is 5.62. The molecule has 0 unspecified atom stereocenters. The van der Waals surface area contributed by atoms with Gasteiger partial charge in [-0.25, -0.2) is 9.37 Å². The molecule has 17 heavy (non-hydrogen) atoms. The van der Waals surface area contributed by atoms with Crippen molar-refractivity contribution in [1.82, 2.24) is 4.98 Å². The Labute approximate surface area is 128 Å². The summed E-state index contributed by atoms with van der Waals surface area (Å²) in [6.45, 7) is 0. The van der Waals surface area contributed by atoms with Gasteiger partial charge < -0.3 is 5.32 Å². The van der Waals surface area contributed by atoms with E-state index in [1.54, 1.807) is 12.3 Å². The van der Waals surface area contributed by atoms with Crippen molar-refractivity contribution >= 4 is 66.0 Å². The molecule has 0 saturated heterocycles. The van der Waals surface area contributed by atoms with Gasteiger partial charge in [0.15, 0.2) is 0 Å². The quantitative estimate of drug-likeness (QED) is 0.617. The van der Waals surface area contributed by atoms with Crippen LogP contribution < -0.4 is 5.32 Å². The Morgan fingerprint density at radius 1 is 1.24 bits per heavy atom. The van der Waals surface area contributed by atoms with E-state index in [1.807, 2.05) is 6.07 Å². The Balaban J connectivity index is 2.31. The molecule has 2 rings (SSSR count). The fraction of sp³-hybridized carbons (Fsp3) is 0. The van der Waals surface area contributed by atoms with Crippen LogP contribution in [0.5, 0.6) is 0 Å². The lowest BCUT2D eigenvalue weighted by Gasteiger charge is -2.09. The van der Waals surface area contributed by atoms with Gasteiger partial charge in [0.05, 0.1) is 10.2 Å². The smallest absolute Gasteiger partial charge is 0.144 e. The number of halogens is 4. The number of nitrogens with one attached hydrogen (secondary N) is 1. The van der Waals surface area contributed by atoms with E-state index < -0.39 is 0 Å². The van der Waals surface area contributed by atoms with E-state index in [9.17, 15) is 4.39 Å². The van der Waals surface area contributed by atoms with Gasteiger partial charge in [0.25, 0.3) is 0 Å². The van der Waals surface area contributed by atoms with E-state index in [0.29, 0.717) is 5.82 Å². The lowest BCUT2D eigenvalue weighted by Crippen LogP contribution is -1.97. The maximum atomic E-state index is 13.0. The van der Waals surface area contributed by atoms with Crippen molar-refractivity contribution in [3.63, 3.8) is 0 Å². The summed E-state index contributed by atoms with van der Waals surface area (Å²) in [4.78, 5) is 4.23. The summed E-state index contributed by atoms with van der Waals surface area (Å²) in [7, 11) is 0. The summed E-state index contributed by atoms with van der Waals surface area (Å²) in [6, 6.07) is 6.46. The first-order chi connectivity index (χ1) is 8.06. The summed E-state index contributed by atoms with van der Waals surface area (Å²) < 4.78 is 15.5. The minimum atomic E-state index is -0.247. The van der Waals surface area contributed by atoms with Crippen LogP contribution >= 0.6 is 54.5 Å². The van der Waals surface area contributed by atoms with E-state index >= 15 is 0 Å². The number of nitrogens with zero attached hydrogens (tertiary/aromatic N) is 1. The summed E-state index contributed by atoms with van der Waals surface area (Å²) in [5, 5.41) is 3.14. The number of pyridine rings is 1. The Hall–Kier alpha value is -0.210. The molecule has 2 aromatic rings. The lowest BCUT2D eigenvalue weighted by molar-refractivity contribution is 0.627. The zero-order valence-electron chi connectivity index (χ0n) is 8.35. The van der Waals surface area contributed by atoms with Crippen LogP contribution in [0, 0.1) is 9.39 Å². The highest BCUT2D eigenvalue weighted by atomic mass is 127. The number of aromatic nitrogens is 1. The van der Waals surface area contributed by atoms with Crippen molar-refractivity contribution in [3.8, 4) is 0 Å². The fourth-order valence-electron chi connectivity index (χ4n) is 1.22.